The number of piperidine rings is 1. The van der Waals surface area contributed by atoms with Gasteiger partial charge in [0.15, 0.2) is 0 Å². The number of carbonyl (C=O) groups is 1. The monoisotopic (exact) mass is 401 g/mol. The van der Waals surface area contributed by atoms with Crippen molar-refractivity contribution in [2.75, 3.05) is 13.2 Å². The second-order valence-electron chi connectivity index (χ2n) is 8.70. The SMILES string of the molecule is Cc1cc(C2(O)CC3COCC(C2)N3C(=O)OC(C)(C)C)ccc1C(F)(F)F. The average molecular weight is 401 g/mol. The van der Waals surface area contributed by atoms with Crippen molar-refractivity contribution in [3.8, 4) is 0 Å². The summed E-state index contributed by atoms with van der Waals surface area (Å²) in [6.45, 7) is 7.22. The molecule has 1 aromatic carbocycles. The van der Waals surface area contributed by atoms with Crippen molar-refractivity contribution < 1.29 is 32.5 Å². The molecule has 0 aliphatic carbocycles. The van der Waals surface area contributed by atoms with Crippen molar-refractivity contribution in [3.63, 3.8) is 0 Å². The molecule has 0 radical (unpaired) electrons. The highest BCUT2D eigenvalue weighted by Gasteiger charge is 2.50. The fourth-order valence-electron chi connectivity index (χ4n) is 4.10. The number of carbonyl (C=O) groups excluding carboxylic acids is 1. The number of halogens is 3. The molecule has 3 rings (SSSR count). The van der Waals surface area contributed by atoms with Crippen LogP contribution in [0.1, 0.15) is 50.3 Å². The largest absolute Gasteiger partial charge is 0.444 e. The first-order chi connectivity index (χ1) is 12.8. The van der Waals surface area contributed by atoms with Crippen LogP contribution < -0.4 is 0 Å². The number of amides is 1. The zero-order valence-electron chi connectivity index (χ0n) is 16.5. The third-order valence-corrected chi connectivity index (χ3v) is 5.23. The van der Waals surface area contributed by atoms with Crippen molar-refractivity contribution in [2.45, 2.75) is 70.0 Å². The summed E-state index contributed by atoms with van der Waals surface area (Å²) in [6.07, 6.45) is -4.55. The van der Waals surface area contributed by atoms with Gasteiger partial charge in [0.1, 0.15) is 5.60 Å². The number of ether oxygens (including phenoxy) is 2. The molecule has 0 saturated carbocycles. The molecule has 2 aliphatic rings. The molecule has 2 atom stereocenters. The number of nitrogens with zero attached hydrogens (tertiary/aromatic N) is 1. The van der Waals surface area contributed by atoms with Crippen molar-refractivity contribution in [3.05, 3.63) is 34.9 Å². The van der Waals surface area contributed by atoms with E-state index in [2.05, 4.69) is 0 Å². The average Bonchev–Trinajstić information content (AvgIpc) is 2.50. The maximum Gasteiger partial charge on any atom is 0.416 e. The van der Waals surface area contributed by atoms with Gasteiger partial charge >= 0.3 is 12.3 Å². The Kier molecular flexibility index (Phi) is 5.17. The second-order valence-corrected chi connectivity index (χ2v) is 8.70. The van der Waals surface area contributed by atoms with Gasteiger partial charge in [0.05, 0.1) is 36.5 Å². The maximum atomic E-state index is 13.0. The molecule has 0 aromatic heterocycles. The first-order valence-corrected chi connectivity index (χ1v) is 9.30. The van der Waals surface area contributed by atoms with Gasteiger partial charge in [-0.25, -0.2) is 4.79 Å². The predicted octanol–water partition coefficient (Wildman–Crippen LogP) is 4.00. The van der Waals surface area contributed by atoms with E-state index in [1.807, 2.05) is 0 Å². The normalized spacial score (nSPS) is 28.2. The lowest BCUT2D eigenvalue weighted by Gasteiger charge is -2.51. The number of hydrogen-bond donors (Lipinski definition) is 1. The highest BCUT2D eigenvalue weighted by molar-refractivity contribution is 5.69. The number of morpholine rings is 1. The Bertz CT molecular complexity index is 743. The molecular weight excluding hydrogens is 375 g/mol. The molecule has 5 nitrogen and oxygen atoms in total. The number of aliphatic hydroxyl groups is 1. The van der Waals surface area contributed by atoms with Crippen LogP contribution in [-0.4, -0.2) is 47.0 Å². The first kappa shape index (κ1) is 20.9. The van der Waals surface area contributed by atoms with Crippen molar-refractivity contribution >= 4 is 6.09 Å². The molecule has 1 amide bonds. The van der Waals surface area contributed by atoms with Crippen LogP contribution in [0, 0.1) is 6.92 Å². The molecule has 28 heavy (non-hydrogen) atoms. The zero-order valence-corrected chi connectivity index (χ0v) is 16.5. The Morgan fingerprint density at radius 3 is 2.25 bits per heavy atom. The van der Waals surface area contributed by atoms with E-state index in [4.69, 9.17) is 9.47 Å². The molecule has 156 valence electrons. The lowest BCUT2D eigenvalue weighted by molar-refractivity contribution is -0.142. The molecule has 2 aliphatic heterocycles. The van der Waals surface area contributed by atoms with E-state index in [9.17, 15) is 23.1 Å². The quantitative estimate of drug-likeness (QED) is 0.773. The predicted molar refractivity (Wildman–Crippen MR) is 95.8 cm³/mol. The van der Waals surface area contributed by atoms with Crippen LogP contribution in [0.4, 0.5) is 18.0 Å². The van der Waals surface area contributed by atoms with E-state index in [1.54, 1.807) is 25.7 Å². The van der Waals surface area contributed by atoms with Gasteiger partial charge in [0, 0.05) is 12.8 Å². The molecule has 1 N–H and O–H groups in total. The molecule has 2 bridgehead atoms. The summed E-state index contributed by atoms with van der Waals surface area (Å²) in [7, 11) is 0. The van der Waals surface area contributed by atoms with Gasteiger partial charge in [0.25, 0.3) is 0 Å². The number of hydrogen-bond acceptors (Lipinski definition) is 4. The summed E-state index contributed by atoms with van der Waals surface area (Å²) in [6, 6.07) is 2.91. The second kappa shape index (κ2) is 6.91. The van der Waals surface area contributed by atoms with Crippen molar-refractivity contribution in [1.29, 1.82) is 0 Å². The summed E-state index contributed by atoms with van der Waals surface area (Å²) in [5.41, 5.74) is -2.19. The maximum absolute atomic E-state index is 13.0. The topological polar surface area (TPSA) is 59.0 Å². The van der Waals surface area contributed by atoms with E-state index >= 15 is 0 Å². The Balaban J connectivity index is 1.86. The third-order valence-electron chi connectivity index (χ3n) is 5.23. The lowest BCUT2D eigenvalue weighted by atomic mass is 9.76. The minimum absolute atomic E-state index is 0.0643. The fourth-order valence-corrected chi connectivity index (χ4v) is 4.10. The summed E-state index contributed by atoms with van der Waals surface area (Å²) in [5.74, 6) is 0. The Hall–Kier alpha value is -1.80. The van der Waals surface area contributed by atoms with Gasteiger partial charge < -0.3 is 14.6 Å². The molecule has 2 heterocycles. The van der Waals surface area contributed by atoms with E-state index in [-0.39, 0.29) is 31.6 Å². The van der Waals surface area contributed by atoms with E-state index < -0.39 is 41.1 Å². The van der Waals surface area contributed by atoms with Crippen LogP contribution >= 0.6 is 0 Å². The van der Waals surface area contributed by atoms with E-state index in [0.717, 1.165) is 6.07 Å². The molecule has 2 saturated heterocycles. The third kappa shape index (κ3) is 4.12. The summed E-state index contributed by atoms with van der Waals surface area (Å²) in [4.78, 5) is 14.2. The van der Waals surface area contributed by atoms with Crippen LogP contribution in [0.2, 0.25) is 0 Å². The smallest absolute Gasteiger partial charge is 0.416 e. The lowest BCUT2D eigenvalue weighted by Crippen LogP contribution is -2.63. The van der Waals surface area contributed by atoms with Gasteiger partial charge in [-0.1, -0.05) is 12.1 Å². The molecule has 2 fully saturated rings. The minimum Gasteiger partial charge on any atom is -0.444 e. The zero-order chi connectivity index (χ0) is 20.9. The minimum atomic E-state index is -4.43. The van der Waals surface area contributed by atoms with Crippen LogP contribution in [0.5, 0.6) is 0 Å². The highest BCUT2D eigenvalue weighted by atomic mass is 19.4. The summed E-state index contributed by atoms with van der Waals surface area (Å²) >= 11 is 0. The molecule has 8 heteroatoms. The van der Waals surface area contributed by atoms with E-state index in [0.29, 0.717) is 5.56 Å². The first-order valence-electron chi connectivity index (χ1n) is 9.30. The van der Waals surface area contributed by atoms with Crippen molar-refractivity contribution in [2.24, 2.45) is 0 Å². The van der Waals surface area contributed by atoms with Gasteiger partial charge in [-0.3, -0.25) is 4.90 Å². The molecular formula is C20H26F3NO4. The van der Waals surface area contributed by atoms with E-state index in [1.165, 1.54) is 19.1 Å². The molecule has 1 aromatic rings. The van der Waals surface area contributed by atoms with Gasteiger partial charge in [-0.2, -0.15) is 13.2 Å². The van der Waals surface area contributed by atoms with Crippen LogP contribution in [0.3, 0.4) is 0 Å². The van der Waals surface area contributed by atoms with Crippen LogP contribution in [0.15, 0.2) is 18.2 Å². The number of alkyl halides is 3. The van der Waals surface area contributed by atoms with Crippen molar-refractivity contribution in [1.82, 2.24) is 4.90 Å². The molecule has 2 unspecified atom stereocenters. The number of rotatable bonds is 1. The van der Waals surface area contributed by atoms with Crippen LogP contribution in [-0.2, 0) is 21.3 Å². The Labute approximate surface area is 162 Å². The number of aryl methyl sites for hydroxylation is 1. The number of fused-ring (bicyclic) bond motifs is 2. The van der Waals surface area contributed by atoms with Gasteiger partial charge in [0.2, 0.25) is 0 Å². The standard InChI is InChI=1S/C20H26F3NO4/c1-12-7-13(5-6-16(12)20(21,22)23)19(26)8-14-10-27-11-15(9-19)24(14)17(25)28-18(2,3)4/h5-7,14-15,26H,8-11H2,1-4H3. The molecule has 0 spiro atoms. The Morgan fingerprint density at radius 2 is 1.79 bits per heavy atom. The number of benzene rings is 1. The summed E-state index contributed by atoms with van der Waals surface area (Å²) < 4.78 is 50.2. The van der Waals surface area contributed by atoms with Gasteiger partial charge in [-0.15, -0.1) is 0 Å². The summed E-state index contributed by atoms with van der Waals surface area (Å²) in [5, 5.41) is 11.3. The highest BCUT2D eigenvalue weighted by Crippen LogP contribution is 2.43. The fraction of sp³-hybridized carbons (Fsp3) is 0.650. The van der Waals surface area contributed by atoms with Crippen LogP contribution in [0.25, 0.3) is 0 Å². The van der Waals surface area contributed by atoms with Gasteiger partial charge in [-0.05, 0) is 44.9 Å². The Morgan fingerprint density at radius 1 is 1.21 bits per heavy atom.